The van der Waals surface area contributed by atoms with E-state index in [1.165, 1.54) is 16.0 Å². The Morgan fingerprint density at radius 2 is 1.43 bits per heavy atom. The van der Waals surface area contributed by atoms with Gasteiger partial charge in [0.2, 0.25) is 0 Å². The molecule has 5 heteroatoms. The summed E-state index contributed by atoms with van der Waals surface area (Å²) < 4.78 is 11.4. The van der Waals surface area contributed by atoms with E-state index in [1.807, 2.05) is 76.2 Å². The van der Waals surface area contributed by atoms with Crippen LogP contribution in [0.2, 0.25) is 0 Å². The summed E-state index contributed by atoms with van der Waals surface area (Å²) in [6.45, 7) is 7.67. The summed E-state index contributed by atoms with van der Waals surface area (Å²) in [5, 5.41) is 0. The molecular weight excluding hydrogens is 438 g/mol. The van der Waals surface area contributed by atoms with Gasteiger partial charge in [-0.25, -0.2) is 9.59 Å². The molecule has 0 unspecified atom stereocenters. The van der Waals surface area contributed by atoms with Gasteiger partial charge in [0.1, 0.15) is 18.2 Å². The minimum absolute atomic E-state index is 0.0446. The number of rotatable bonds is 6. The van der Waals surface area contributed by atoms with Crippen LogP contribution in [0.15, 0.2) is 72.8 Å². The molecule has 0 aromatic heterocycles. The van der Waals surface area contributed by atoms with E-state index in [1.54, 1.807) is 7.05 Å². The molecule has 0 radical (unpaired) electrons. The van der Waals surface area contributed by atoms with Gasteiger partial charge in [0.25, 0.3) is 0 Å². The Balaban J connectivity index is 1.51. The number of ether oxygens (including phenoxy) is 2. The average molecular weight is 472 g/mol. The number of hydrogen-bond donors (Lipinski definition) is 0. The Hall–Kier alpha value is -3.60. The first-order chi connectivity index (χ1) is 16.6. The second kappa shape index (κ2) is 9.95. The molecule has 1 aliphatic carbocycles. The van der Waals surface area contributed by atoms with Gasteiger partial charge in [-0.15, -0.1) is 0 Å². The van der Waals surface area contributed by atoms with Crippen LogP contribution in [0.4, 0.5) is 4.79 Å². The predicted octanol–water partition coefficient (Wildman–Crippen LogP) is 6.13. The topological polar surface area (TPSA) is 55.8 Å². The molecule has 0 heterocycles. The smallest absolute Gasteiger partial charge is 0.410 e. The van der Waals surface area contributed by atoms with Crippen molar-refractivity contribution >= 4 is 12.1 Å². The first-order valence-electron chi connectivity index (χ1n) is 12.0. The Morgan fingerprint density at radius 1 is 0.886 bits per heavy atom. The van der Waals surface area contributed by atoms with Crippen LogP contribution in [-0.2, 0) is 20.7 Å². The summed E-state index contributed by atoms with van der Waals surface area (Å²) in [7, 11) is 1.60. The number of carbonyl (C=O) groups is 2. The summed E-state index contributed by atoms with van der Waals surface area (Å²) in [5.41, 5.74) is 6.05. The zero-order valence-electron chi connectivity index (χ0n) is 21.1. The van der Waals surface area contributed by atoms with Crippen molar-refractivity contribution in [3.8, 4) is 11.1 Å². The molecule has 3 aromatic carbocycles. The van der Waals surface area contributed by atoms with E-state index in [2.05, 4.69) is 24.3 Å². The van der Waals surface area contributed by atoms with Crippen LogP contribution in [0.3, 0.4) is 0 Å². The van der Waals surface area contributed by atoms with Crippen LogP contribution in [0.1, 0.15) is 48.9 Å². The predicted molar refractivity (Wildman–Crippen MR) is 137 cm³/mol. The van der Waals surface area contributed by atoms with E-state index in [4.69, 9.17) is 9.47 Å². The van der Waals surface area contributed by atoms with Crippen LogP contribution in [0.25, 0.3) is 11.1 Å². The molecular formula is C30H33NO4. The molecule has 0 aliphatic heterocycles. The highest BCUT2D eigenvalue weighted by molar-refractivity contribution is 5.82. The largest absolute Gasteiger partial charge is 0.458 e. The number of amides is 1. The zero-order chi connectivity index (χ0) is 25.2. The molecule has 4 rings (SSSR count). The summed E-state index contributed by atoms with van der Waals surface area (Å²) in [6, 6.07) is 23.6. The van der Waals surface area contributed by atoms with Gasteiger partial charge in [-0.05, 0) is 55.5 Å². The van der Waals surface area contributed by atoms with Crippen molar-refractivity contribution in [3.63, 3.8) is 0 Å². The molecule has 1 aliphatic rings. The van der Waals surface area contributed by atoms with Crippen LogP contribution in [0.5, 0.6) is 0 Å². The molecule has 0 spiro atoms. The van der Waals surface area contributed by atoms with Crippen molar-refractivity contribution in [1.82, 2.24) is 4.90 Å². The number of fused-ring (bicyclic) bond motifs is 3. The van der Waals surface area contributed by atoms with Gasteiger partial charge in [-0.3, -0.25) is 4.90 Å². The van der Waals surface area contributed by atoms with E-state index in [0.29, 0.717) is 6.42 Å². The van der Waals surface area contributed by atoms with Gasteiger partial charge >= 0.3 is 12.1 Å². The summed E-state index contributed by atoms with van der Waals surface area (Å²) in [4.78, 5) is 27.6. The van der Waals surface area contributed by atoms with E-state index in [-0.39, 0.29) is 12.5 Å². The summed E-state index contributed by atoms with van der Waals surface area (Å²) in [5.74, 6) is -0.495. The number of likely N-dealkylation sites (N-methyl/N-ethyl adjacent to an activating group) is 1. The first kappa shape index (κ1) is 24.5. The van der Waals surface area contributed by atoms with Crippen molar-refractivity contribution in [2.45, 2.75) is 51.7 Å². The molecule has 1 atom stereocenters. The fourth-order valence-electron chi connectivity index (χ4n) is 4.52. The third-order valence-electron chi connectivity index (χ3n) is 6.32. The monoisotopic (exact) mass is 471 g/mol. The maximum absolute atomic E-state index is 13.2. The highest BCUT2D eigenvalue weighted by Gasteiger charge is 2.34. The lowest BCUT2D eigenvalue weighted by Crippen LogP contribution is -2.47. The van der Waals surface area contributed by atoms with Gasteiger partial charge < -0.3 is 9.47 Å². The van der Waals surface area contributed by atoms with E-state index in [9.17, 15) is 9.59 Å². The molecule has 0 bridgehead atoms. The zero-order valence-corrected chi connectivity index (χ0v) is 21.1. The number of esters is 1. The van der Waals surface area contributed by atoms with Crippen molar-refractivity contribution in [2.24, 2.45) is 0 Å². The number of aryl methyl sites for hydroxylation is 1. The number of benzene rings is 3. The van der Waals surface area contributed by atoms with Crippen molar-refractivity contribution in [3.05, 3.63) is 95.1 Å². The molecule has 0 N–H and O–H groups in total. The molecule has 182 valence electrons. The minimum atomic E-state index is -0.799. The Bertz CT molecular complexity index is 1160. The molecule has 3 aromatic rings. The van der Waals surface area contributed by atoms with Gasteiger partial charge in [-0.1, -0.05) is 78.4 Å². The molecule has 5 nitrogen and oxygen atoms in total. The first-order valence-corrected chi connectivity index (χ1v) is 12.0. The highest BCUT2D eigenvalue weighted by Crippen LogP contribution is 2.44. The highest BCUT2D eigenvalue weighted by atomic mass is 16.6. The molecule has 0 saturated carbocycles. The van der Waals surface area contributed by atoms with Gasteiger partial charge in [0, 0.05) is 19.4 Å². The maximum atomic E-state index is 13.2. The minimum Gasteiger partial charge on any atom is -0.458 e. The Kier molecular flexibility index (Phi) is 6.97. The molecule has 0 fully saturated rings. The number of carbonyl (C=O) groups excluding carboxylic acids is 2. The molecule has 35 heavy (non-hydrogen) atoms. The number of nitrogens with zero attached hydrogens (tertiary/aromatic N) is 1. The summed E-state index contributed by atoms with van der Waals surface area (Å²) >= 11 is 0. The third kappa shape index (κ3) is 5.56. The second-order valence-corrected chi connectivity index (χ2v) is 10.2. The average Bonchev–Trinajstić information content (AvgIpc) is 3.14. The van der Waals surface area contributed by atoms with E-state index in [0.717, 1.165) is 22.3 Å². The Morgan fingerprint density at radius 3 is 1.97 bits per heavy atom. The maximum Gasteiger partial charge on any atom is 0.410 e. The van der Waals surface area contributed by atoms with Crippen LogP contribution in [0, 0.1) is 6.92 Å². The molecule has 1 amide bonds. The lowest BCUT2D eigenvalue weighted by atomic mass is 9.98. The van der Waals surface area contributed by atoms with Gasteiger partial charge in [-0.2, -0.15) is 0 Å². The van der Waals surface area contributed by atoms with Gasteiger partial charge in [0.15, 0.2) is 0 Å². The van der Waals surface area contributed by atoms with E-state index >= 15 is 0 Å². The second-order valence-electron chi connectivity index (χ2n) is 10.2. The standard InChI is InChI=1S/C30H33NO4/c1-20-14-16-21(17-15-20)18-27(28(32)35-30(2,3)4)31(5)29(33)34-19-26-24-12-8-6-10-22(24)23-11-7-9-13-25(23)26/h6-17,26-27H,18-19H2,1-5H3/t27-/m0/s1. The number of hydrogen-bond acceptors (Lipinski definition) is 4. The Labute approximate surface area is 207 Å². The lowest BCUT2D eigenvalue weighted by molar-refractivity contribution is -0.160. The van der Waals surface area contributed by atoms with Crippen molar-refractivity contribution < 1.29 is 19.1 Å². The SMILES string of the molecule is Cc1ccc(C[C@@H](C(=O)OC(C)(C)C)N(C)C(=O)OCC2c3ccccc3-c3ccccc32)cc1. The van der Waals surface area contributed by atoms with Crippen LogP contribution < -0.4 is 0 Å². The van der Waals surface area contributed by atoms with Gasteiger partial charge in [0.05, 0.1) is 0 Å². The fraction of sp³-hybridized carbons (Fsp3) is 0.333. The van der Waals surface area contributed by atoms with Crippen molar-refractivity contribution in [2.75, 3.05) is 13.7 Å². The van der Waals surface area contributed by atoms with Crippen LogP contribution in [-0.4, -0.2) is 42.3 Å². The lowest BCUT2D eigenvalue weighted by Gasteiger charge is -2.30. The van der Waals surface area contributed by atoms with E-state index < -0.39 is 23.7 Å². The van der Waals surface area contributed by atoms with Crippen LogP contribution >= 0.6 is 0 Å². The normalized spacial score (nSPS) is 13.5. The van der Waals surface area contributed by atoms with Crippen molar-refractivity contribution in [1.29, 1.82) is 0 Å². The molecule has 0 saturated heterocycles. The summed E-state index contributed by atoms with van der Waals surface area (Å²) in [6.07, 6.45) is -0.203. The fourth-order valence-corrected chi connectivity index (χ4v) is 4.52. The third-order valence-corrected chi connectivity index (χ3v) is 6.32. The quantitative estimate of drug-likeness (QED) is 0.406.